The van der Waals surface area contributed by atoms with Crippen molar-refractivity contribution >= 4 is 33.2 Å². The molecule has 8 nitrogen and oxygen atoms in total. The number of hydrogen-bond donors (Lipinski definition) is 0. The average molecular weight is 384 g/mol. The van der Waals surface area contributed by atoms with E-state index in [1.165, 1.54) is 7.05 Å². The predicted octanol–water partition coefficient (Wildman–Crippen LogP) is 0.661. The van der Waals surface area contributed by atoms with Gasteiger partial charge in [0, 0.05) is 58.2 Å². The van der Waals surface area contributed by atoms with Gasteiger partial charge in [-0.25, -0.2) is 14.8 Å². The Kier molecular flexibility index (Phi) is 3.61. The summed E-state index contributed by atoms with van der Waals surface area (Å²) in [7, 11) is 3.24. The van der Waals surface area contributed by atoms with Crippen LogP contribution in [0.1, 0.15) is 0 Å². The lowest BCUT2D eigenvalue weighted by atomic mass is 10.0. The predicted molar refractivity (Wildman–Crippen MR) is 106 cm³/mol. The molecule has 0 aromatic carbocycles. The molecule has 0 radical (unpaired) electrons. The van der Waals surface area contributed by atoms with Gasteiger partial charge < -0.3 is 9.80 Å². The van der Waals surface area contributed by atoms with Gasteiger partial charge in [-0.3, -0.25) is 13.9 Å². The topological polar surface area (TPSA) is 76.3 Å². The fourth-order valence-corrected chi connectivity index (χ4v) is 5.24. The molecular formula is C18H20N6O2S. The summed E-state index contributed by atoms with van der Waals surface area (Å²) in [6.07, 6.45) is 1.64. The molecule has 2 aliphatic heterocycles. The first-order valence-electron chi connectivity index (χ1n) is 8.98. The second-order valence-corrected chi connectivity index (χ2v) is 8.32. The molecule has 2 aliphatic rings. The third-order valence-electron chi connectivity index (χ3n) is 5.83. The maximum absolute atomic E-state index is 12.2. The highest BCUT2D eigenvalue weighted by molar-refractivity contribution is 7.17. The highest BCUT2D eigenvalue weighted by atomic mass is 32.1. The largest absolute Gasteiger partial charge is 0.357 e. The van der Waals surface area contributed by atoms with Crippen LogP contribution >= 0.6 is 11.3 Å². The van der Waals surface area contributed by atoms with E-state index in [0.717, 1.165) is 46.8 Å². The first kappa shape index (κ1) is 16.5. The standard InChI is InChI=1S/C18H20N6O2S/c1-21-14(5-15(25)22(2)18(21)26)23-6-11-8-24(9-12(11)7-23)17-16-13(3-4-27-16)19-10-20-17/h3-5,10-12H,6-9H2,1-2H3. The molecule has 0 N–H and O–H groups in total. The summed E-state index contributed by atoms with van der Waals surface area (Å²) in [5.41, 5.74) is 0.462. The summed E-state index contributed by atoms with van der Waals surface area (Å²) in [6.45, 7) is 3.56. The van der Waals surface area contributed by atoms with Crippen LogP contribution in [0.5, 0.6) is 0 Å². The van der Waals surface area contributed by atoms with Gasteiger partial charge in [-0.15, -0.1) is 11.3 Å². The molecule has 27 heavy (non-hydrogen) atoms. The molecule has 0 bridgehead atoms. The lowest BCUT2D eigenvalue weighted by Gasteiger charge is -2.25. The van der Waals surface area contributed by atoms with Crippen LogP contribution in [0.25, 0.3) is 10.2 Å². The lowest BCUT2D eigenvalue weighted by molar-refractivity contribution is 0.533. The van der Waals surface area contributed by atoms with E-state index in [0.29, 0.717) is 17.7 Å². The molecule has 2 saturated heterocycles. The van der Waals surface area contributed by atoms with Gasteiger partial charge in [-0.2, -0.15) is 0 Å². The van der Waals surface area contributed by atoms with Crippen LogP contribution in [-0.2, 0) is 14.1 Å². The number of rotatable bonds is 2. The van der Waals surface area contributed by atoms with Crippen molar-refractivity contribution in [1.82, 2.24) is 19.1 Å². The van der Waals surface area contributed by atoms with Gasteiger partial charge in [0.25, 0.3) is 5.56 Å². The van der Waals surface area contributed by atoms with Gasteiger partial charge >= 0.3 is 5.69 Å². The zero-order chi connectivity index (χ0) is 18.7. The summed E-state index contributed by atoms with van der Waals surface area (Å²) in [5, 5.41) is 2.05. The molecule has 5 heterocycles. The van der Waals surface area contributed by atoms with Crippen molar-refractivity contribution in [3.8, 4) is 0 Å². The molecule has 5 rings (SSSR count). The molecular weight excluding hydrogens is 364 g/mol. The van der Waals surface area contributed by atoms with Gasteiger partial charge in [0.1, 0.15) is 18.0 Å². The van der Waals surface area contributed by atoms with E-state index in [1.807, 2.05) is 6.07 Å². The Hall–Kier alpha value is -2.68. The summed E-state index contributed by atoms with van der Waals surface area (Å²) in [6, 6.07) is 3.60. The monoisotopic (exact) mass is 384 g/mol. The van der Waals surface area contributed by atoms with E-state index < -0.39 is 0 Å². The van der Waals surface area contributed by atoms with Gasteiger partial charge in [0.2, 0.25) is 0 Å². The highest BCUT2D eigenvalue weighted by Crippen LogP contribution is 2.37. The second kappa shape index (κ2) is 5.91. The molecule has 0 spiro atoms. The number of hydrogen-bond acceptors (Lipinski definition) is 7. The third-order valence-corrected chi connectivity index (χ3v) is 6.73. The van der Waals surface area contributed by atoms with Crippen molar-refractivity contribution in [2.24, 2.45) is 25.9 Å². The Labute approximate surface area is 159 Å². The summed E-state index contributed by atoms with van der Waals surface area (Å²) < 4.78 is 3.85. The number of aromatic nitrogens is 4. The smallest absolute Gasteiger partial charge is 0.332 e. The fourth-order valence-electron chi connectivity index (χ4n) is 4.38. The van der Waals surface area contributed by atoms with Gasteiger partial charge in [0.05, 0.1) is 10.2 Å². The first-order valence-corrected chi connectivity index (χ1v) is 9.86. The molecule has 3 aromatic rings. The minimum Gasteiger partial charge on any atom is -0.357 e. The molecule has 9 heteroatoms. The molecule has 2 unspecified atom stereocenters. The Morgan fingerprint density at radius 2 is 1.70 bits per heavy atom. The highest BCUT2D eigenvalue weighted by Gasteiger charge is 2.41. The lowest BCUT2D eigenvalue weighted by Crippen LogP contribution is -2.40. The number of thiophene rings is 1. The number of nitrogens with zero attached hydrogens (tertiary/aromatic N) is 6. The average Bonchev–Trinajstić information content (AvgIpc) is 3.36. The van der Waals surface area contributed by atoms with Crippen LogP contribution in [0.15, 0.2) is 33.4 Å². The van der Waals surface area contributed by atoms with E-state index in [-0.39, 0.29) is 11.2 Å². The van der Waals surface area contributed by atoms with Crippen LogP contribution < -0.4 is 21.0 Å². The maximum atomic E-state index is 12.2. The minimum atomic E-state index is -0.280. The zero-order valence-corrected chi connectivity index (χ0v) is 16.0. The Morgan fingerprint density at radius 1 is 1.00 bits per heavy atom. The SMILES string of the molecule is Cn1c(N2CC3CN(c4ncnc5ccsc45)CC3C2)cc(=O)n(C)c1=O. The van der Waals surface area contributed by atoms with E-state index in [1.54, 1.807) is 35.3 Å². The van der Waals surface area contributed by atoms with Crippen LogP contribution in [-0.4, -0.2) is 45.3 Å². The first-order chi connectivity index (χ1) is 13.0. The quantitative estimate of drug-likeness (QED) is 0.646. The fraction of sp³-hybridized carbons (Fsp3) is 0.444. The Bertz CT molecular complexity index is 1130. The second-order valence-electron chi connectivity index (χ2n) is 7.40. The van der Waals surface area contributed by atoms with Crippen molar-refractivity contribution in [3.63, 3.8) is 0 Å². The van der Waals surface area contributed by atoms with Gasteiger partial charge in [-0.1, -0.05) is 0 Å². The zero-order valence-electron chi connectivity index (χ0n) is 15.2. The van der Waals surface area contributed by atoms with Gasteiger partial charge in [-0.05, 0) is 11.4 Å². The maximum Gasteiger partial charge on any atom is 0.332 e. The molecule has 0 saturated carbocycles. The van der Waals surface area contributed by atoms with Crippen molar-refractivity contribution in [2.45, 2.75) is 0 Å². The van der Waals surface area contributed by atoms with Crippen LogP contribution in [0.3, 0.4) is 0 Å². The van der Waals surface area contributed by atoms with Crippen molar-refractivity contribution in [1.29, 1.82) is 0 Å². The number of anilines is 2. The molecule has 0 aliphatic carbocycles. The molecule has 140 valence electrons. The van der Waals surface area contributed by atoms with Crippen molar-refractivity contribution in [2.75, 3.05) is 36.0 Å². The van der Waals surface area contributed by atoms with Crippen LogP contribution in [0, 0.1) is 11.8 Å². The van der Waals surface area contributed by atoms with Crippen molar-refractivity contribution < 1.29 is 0 Å². The van der Waals surface area contributed by atoms with E-state index in [4.69, 9.17) is 0 Å². The van der Waals surface area contributed by atoms with Crippen LogP contribution in [0.2, 0.25) is 0 Å². The molecule has 3 aromatic heterocycles. The molecule has 2 atom stereocenters. The van der Waals surface area contributed by atoms with Crippen LogP contribution in [0.4, 0.5) is 11.6 Å². The third kappa shape index (κ3) is 2.48. The van der Waals surface area contributed by atoms with E-state index in [2.05, 4.69) is 25.1 Å². The van der Waals surface area contributed by atoms with E-state index in [9.17, 15) is 9.59 Å². The normalized spacial score (nSPS) is 22.0. The van der Waals surface area contributed by atoms with Crippen molar-refractivity contribution in [3.05, 3.63) is 44.7 Å². The number of fused-ring (bicyclic) bond motifs is 2. The van der Waals surface area contributed by atoms with E-state index >= 15 is 0 Å². The summed E-state index contributed by atoms with van der Waals surface area (Å²) in [4.78, 5) is 37.7. The molecule has 0 amide bonds. The Morgan fingerprint density at radius 3 is 2.44 bits per heavy atom. The van der Waals surface area contributed by atoms with Gasteiger partial charge in [0.15, 0.2) is 0 Å². The Balaban J connectivity index is 1.40. The minimum absolute atomic E-state index is 0.257. The molecule has 2 fully saturated rings. The summed E-state index contributed by atoms with van der Waals surface area (Å²) >= 11 is 1.68. The summed E-state index contributed by atoms with van der Waals surface area (Å²) in [5.74, 6) is 2.73.